The van der Waals surface area contributed by atoms with Crippen LogP contribution in [0.25, 0.3) is 0 Å². The van der Waals surface area contributed by atoms with Crippen molar-refractivity contribution in [3.8, 4) is 5.75 Å². The van der Waals surface area contributed by atoms with Crippen LogP contribution in [0.4, 0.5) is 15.8 Å². The number of anilines is 1. The highest BCUT2D eigenvalue weighted by Crippen LogP contribution is 2.29. The fraction of sp³-hybridized carbons (Fsp3) is 0.133. The van der Waals surface area contributed by atoms with E-state index in [0.29, 0.717) is 5.56 Å². The minimum Gasteiger partial charge on any atom is -0.477 e. The van der Waals surface area contributed by atoms with Gasteiger partial charge in [-0.25, -0.2) is 4.39 Å². The van der Waals surface area contributed by atoms with Crippen molar-refractivity contribution in [2.75, 3.05) is 11.9 Å². The topological polar surface area (TPSA) is 81.5 Å². The van der Waals surface area contributed by atoms with Crippen LogP contribution < -0.4 is 10.1 Å². The van der Waals surface area contributed by atoms with Crippen molar-refractivity contribution in [2.24, 2.45) is 0 Å². The number of aryl methyl sites for hydroxylation is 1. The Morgan fingerprint density at radius 2 is 2.09 bits per heavy atom. The summed E-state index contributed by atoms with van der Waals surface area (Å²) in [6.07, 6.45) is 0. The lowest BCUT2D eigenvalue weighted by Crippen LogP contribution is -2.21. The molecule has 2 aromatic rings. The van der Waals surface area contributed by atoms with Crippen LogP contribution in [0.3, 0.4) is 0 Å². The predicted molar refractivity (Wildman–Crippen MR) is 83.4 cm³/mol. The minimum absolute atomic E-state index is 0.00908. The van der Waals surface area contributed by atoms with Crippen molar-refractivity contribution in [3.63, 3.8) is 0 Å². The molecular weight excluding hydrogens is 327 g/mol. The van der Waals surface area contributed by atoms with Gasteiger partial charge in [0.2, 0.25) is 0 Å². The molecule has 0 fully saturated rings. The Kier molecular flexibility index (Phi) is 5.13. The summed E-state index contributed by atoms with van der Waals surface area (Å²) in [4.78, 5) is 22.0. The largest absolute Gasteiger partial charge is 0.477 e. The zero-order valence-electron chi connectivity index (χ0n) is 12.0. The number of carbonyl (C=O) groups is 1. The molecule has 0 heterocycles. The highest BCUT2D eigenvalue weighted by Gasteiger charge is 2.17. The number of benzene rings is 2. The number of ether oxygens (including phenoxy) is 1. The van der Waals surface area contributed by atoms with Gasteiger partial charge in [-0.3, -0.25) is 14.9 Å². The summed E-state index contributed by atoms with van der Waals surface area (Å²) >= 11 is 5.68. The summed E-state index contributed by atoms with van der Waals surface area (Å²) in [7, 11) is 0. The Morgan fingerprint density at radius 1 is 1.35 bits per heavy atom. The Balaban J connectivity index is 2.03. The molecule has 0 bridgehead atoms. The number of nitro groups is 1. The summed E-state index contributed by atoms with van der Waals surface area (Å²) < 4.78 is 18.7. The first-order valence-corrected chi connectivity index (χ1v) is 6.87. The van der Waals surface area contributed by atoms with Crippen LogP contribution in [0.2, 0.25) is 5.02 Å². The Labute approximate surface area is 136 Å². The number of nitro benzene ring substituents is 1. The number of nitrogens with one attached hydrogen (secondary N) is 1. The van der Waals surface area contributed by atoms with E-state index in [1.807, 2.05) is 0 Å². The van der Waals surface area contributed by atoms with Gasteiger partial charge in [0.15, 0.2) is 12.4 Å². The molecule has 23 heavy (non-hydrogen) atoms. The van der Waals surface area contributed by atoms with E-state index in [0.717, 1.165) is 6.07 Å². The second-order valence-corrected chi connectivity index (χ2v) is 5.13. The monoisotopic (exact) mass is 338 g/mol. The molecule has 0 aromatic heterocycles. The van der Waals surface area contributed by atoms with Crippen LogP contribution in [0.5, 0.6) is 5.75 Å². The molecule has 120 valence electrons. The lowest BCUT2D eigenvalue weighted by Gasteiger charge is -2.09. The van der Waals surface area contributed by atoms with Crippen molar-refractivity contribution in [2.45, 2.75) is 6.92 Å². The molecule has 1 amide bonds. The zero-order chi connectivity index (χ0) is 17.0. The van der Waals surface area contributed by atoms with Crippen LogP contribution in [0.1, 0.15) is 5.56 Å². The highest BCUT2D eigenvalue weighted by molar-refractivity contribution is 6.30. The second kappa shape index (κ2) is 7.06. The minimum atomic E-state index is -0.668. The smallest absolute Gasteiger partial charge is 0.312 e. The van der Waals surface area contributed by atoms with Crippen LogP contribution in [-0.4, -0.2) is 17.4 Å². The number of amides is 1. The maximum atomic E-state index is 13.6. The number of nitrogens with zero attached hydrogens (tertiary/aromatic N) is 1. The Bertz CT molecular complexity index is 767. The zero-order valence-corrected chi connectivity index (χ0v) is 12.8. The second-order valence-electron chi connectivity index (χ2n) is 4.69. The van der Waals surface area contributed by atoms with Crippen molar-refractivity contribution < 1.29 is 18.8 Å². The van der Waals surface area contributed by atoms with Crippen LogP contribution >= 0.6 is 11.6 Å². The van der Waals surface area contributed by atoms with Crippen LogP contribution in [0, 0.1) is 22.9 Å². The predicted octanol–water partition coefficient (Wildman–Crippen LogP) is 3.71. The SMILES string of the molecule is Cc1ccc(NC(=O)COc2ccc(Cl)cc2[N+](=O)[O-])c(F)c1. The van der Waals surface area contributed by atoms with E-state index in [1.165, 1.54) is 24.3 Å². The molecule has 0 spiro atoms. The van der Waals surface area contributed by atoms with Gasteiger partial charge >= 0.3 is 5.69 Å². The molecule has 0 radical (unpaired) electrons. The maximum Gasteiger partial charge on any atom is 0.312 e. The summed E-state index contributed by atoms with van der Waals surface area (Å²) in [6.45, 7) is 1.22. The summed E-state index contributed by atoms with van der Waals surface area (Å²) in [5, 5.41) is 13.4. The van der Waals surface area contributed by atoms with E-state index < -0.39 is 23.3 Å². The third kappa shape index (κ3) is 4.40. The fourth-order valence-corrected chi connectivity index (χ4v) is 1.97. The summed E-state index contributed by atoms with van der Waals surface area (Å²) in [6, 6.07) is 8.16. The highest BCUT2D eigenvalue weighted by atomic mass is 35.5. The van der Waals surface area contributed by atoms with E-state index in [2.05, 4.69) is 5.32 Å². The van der Waals surface area contributed by atoms with Gasteiger partial charge in [-0.2, -0.15) is 0 Å². The molecule has 1 N–H and O–H groups in total. The lowest BCUT2D eigenvalue weighted by atomic mass is 10.2. The van der Waals surface area contributed by atoms with Gasteiger partial charge in [-0.1, -0.05) is 17.7 Å². The number of rotatable bonds is 5. The molecule has 0 aliphatic carbocycles. The third-order valence-corrected chi connectivity index (χ3v) is 3.11. The molecule has 6 nitrogen and oxygen atoms in total. The maximum absolute atomic E-state index is 13.6. The number of carbonyl (C=O) groups excluding carboxylic acids is 1. The molecule has 2 aromatic carbocycles. The molecular formula is C15H12ClFN2O4. The van der Waals surface area contributed by atoms with Crippen molar-refractivity contribution in [1.82, 2.24) is 0 Å². The first-order valence-electron chi connectivity index (χ1n) is 6.49. The van der Waals surface area contributed by atoms with Gasteiger partial charge < -0.3 is 10.1 Å². The quantitative estimate of drug-likeness (QED) is 0.665. The first-order chi connectivity index (χ1) is 10.9. The van der Waals surface area contributed by atoms with Crippen molar-refractivity contribution in [1.29, 1.82) is 0 Å². The van der Waals surface area contributed by atoms with E-state index >= 15 is 0 Å². The van der Waals surface area contributed by atoms with Crippen LogP contribution in [-0.2, 0) is 4.79 Å². The summed E-state index contributed by atoms with van der Waals surface area (Å²) in [5.41, 5.74) is 0.371. The van der Waals surface area contributed by atoms with E-state index in [4.69, 9.17) is 16.3 Å². The fourth-order valence-electron chi connectivity index (χ4n) is 1.81. The van der Waals surface area contributed by atoms with Gasteiger partial charge in [-0.05, 0) is 36.8 Å². The molecule has 0 saturated heterocycles. The molecule has 0 aliphatic heterocycles. The molecule has 0 saturated carbocycles. The molecule has 0 atom stereocenters. The number of halogens is 2. The Morgan fingerprint density at radius 3 is 2.74 bits per heavy atom. The van der Waals surface area contributed by atoms with Crippen LogP contribution in [0.15, 0.2) is 36.4 Å². The van der Waals surface area contributed by atoms with Gasteiger partial charge in [0.05, 0.1) is 10.6 Å². The Hall–Kier alpha value is -2.67. The first kappa shape index (κ1) is 16.7. The van der Waals surface area contributed by atoms with E-state index in [-0.39, 0.29) is 22.1 Å². The molecule has 0 aliphatic rings. The lowest BCUT2D eigenvalue weighted by molar-refractivity contribution is -0.385. The van der Waals surface area contributed by atoms with Crippen molar-refractivity contribution in [3.05, 3.63) is 62.9 Å². The average molecular weight is 339 g/mol. The standard InChI is InChI=1S/C15H12ClFN2O4/c1-9-2-4-12(11(17)6-9)18-15(20)8-23-14-5-3-10(16)7-13(14)19(21)22/h2-7H,8H2,1H3,(H,18,20). The number of hydrogen-bond acceptors (Lipinski definition) is 4. The van der Waals surface area contributed by atoms with E-state index in [9.17, 15) is 19.3 Å². The van der Waals surface area contributed by atoms with Gasteiger partial charge in [0.1, 0.15) is 5.82 Å². The third-order valence-electron chi connectivity index (χ3n) is 2.88. The molecule has 2 rings (SSSR count). The molecule has 0 unspecified atom stereocenters. The van der Waals surface area contributed by atoms with Crippen molar-refractivity contribution >= 4 is 28.9 Å². The normalized spacial score (nSPS) is 10.2. The summed E-state index contributed by atoms with van der Waals surface area (Å²) in [5.74, 6) is -1.31. The average Bonchev–Trinajstić information content (AvgIpc) is 2.48. The number of hydrogen-bond donors (Lipinski definition) is 1. The van der Waals surface area contributed by atoms with Gasteiger partial charge in [0.25, 0.3) is 5.91 Å². The van der Waals surface area contributed by atoms with E-state index in [1.54, 1.807) is 13.0 Å². The van der Waals surface area contributed by atoms with Gasteiger partial charge in [-0.15, -0.1) is 0 Å². The van der Waals surface area contributed by atoms with Gasteiger partial charge in [0, 0.05) is 11.1 Å². The molecule has 8 heteroatoms.